The first-order chi connectivity index (χ1) is 6.57. The normalized spacial score (nSPS) is 10.3. The van der Waals surface area contributed by atoms with Gasteiger partial charge in [0.2, 0.25) is 0 Å². The minimum Gasteiger partial charge on any atom is -0.506 e. The number of methoxy groups -OCH3 is 1. The van der Waals surface area contributed by atoms with Crippen molar-refractivity contribution in [2.24, 2.45) is 0 Å². The summed E-state index contributed by atoms with van der Waals surface area (Å²) in [4.78, 5) is 14.4. The van der Waals surface area contributed by atoms with Crippen molar-refractivity contribution < 1.29 is 23.4 Å². The van der Waals surface area contributed by atoms with Crippen LogP contribution < -0.4 is 0 Å². The van der Waals surface area contributed by atoms with Crippen LogP contribution in [-0.4, -0.2) is 23.2 Å². The molecule has 1 aromatic heterocycles. The zero-order valence-electron chi connectivity index (χ0n) is 7.20. The summed E-state index contributed by atoms with van der Waals surface area (Å²) < 4.78 is 29.0. The Bertz CT molecular complexity index is 354. The molecule has 0 saturated heterocycles. The van der Waals surface area contributed by atoms with Crippen LogP contribution in [-0.2, 0) is 4.74 Å². The highest BCUT2D eigenvalue weighted by atomic mass is 19.3. The molecule has 0 aliphatic rings. The second kappa shape index (κ2) is 3.99. The number of nitrogens with zero attached hydrogens (tertiary/aromatic N) is 1. The fourth-order valence-electron chi connectivity index (χ4n) is 0.961. The maximum absolute atomic E-state index is 12.4. The number of aromatic hydroxyl groups is 1. The van der Waals surface area contributed by atoms with E-state index in [9.17, 15) is 13.6 Å². The molecule has 0 bridgehead atoms. The molecular weight excluding hydrogens is 196 g/mol. The summed E-state index contributed by atoms with van der Waals surface area (Å²) in [5.74, 6) is -1.67. The van der Waals surface area contributed by atoms with Gasteiger partial charge in [-0.1, -0.05) is 0 Å². The van der Waals surface area contributed by atoms with E-state index in [4.69, 9.17) is 5.11 Å². The van der Waals surface area contributed by atoms with Gasteiger partial charge in [-0.15, -0.1) is 0 Å². The number of aromatic nitrogens is 1. The van der Waals surface area contributed by atoms with Gasteiger partial charge in [0.25, 0.3) is 6.43 Å². The van der Waals surface area contributed by atoms with Gasteiger partial charge in [0, 0.05) is 6.20 Å². The lowest BCUT2D eigenvalue weighted by atomic mass is 10.1. The smallest absolute Gasteiger partial charge is 0.340 e. The van der Waals surface area contributed by atoms with Crippen LogP contribution in [0.3, 0.4) is 0 Å². The number of halogens is 2. The molecule has 4 nitrogen and oxygen atoms in total. The number of hydrogen-bond donors (Lipinski definition) is 1. The van der Waals surface area contributed by atoms with Crippen LogP contribution >= 0.6 is 0 Å². The van der Waals surface area contributed by atoms with Crippen molar-refractivity contribution in [1.82, 2.24) is 4.98 Å². The van der Waals surface area contributed by atoms with Crippen LogP contribution in [0.1, 0.15) is 22.3 Å². The molecule has 76 valence electrons. The Hall–Kier alpha value is -1.72. The Morgan fingerprint density at radius 3 is 2.71 bits per heavy atom. The summed E-state index contributed by atoms with van der Waals surface area (Å²) in [5.41, 5.74) is -1.19. The molecule has 1 heterocycles. The van der Waals surface area contributed by atoms with Crippen LogP contribution in [0.4, 0.5) is 8.78 Å². The molecule has 0 saturated carbocycles. The van der Waals surface area contributed by atoms with E-state index in [0.717, 1.165) is 19.5 Å². The van der Waals surface area contributed by atoms with Gasteiger partial charge in [0.1, 0.15) is 5.75 Å². The zero-order chi connectivity index (χ0) is 10.7. The number of ether oxygens (including phenoxy) is 1. The van der Waals surface area contributed by atoms with E-state index in [1.165, 1.54) is 0 Å². The van der Waals surface area contributed by atoms with Crippen molar-refractivity contribution in [1.29, 1.82) is 0 Å². The highest BCUT2D eigenvalue weighted by Crippen LogP contribution is 2.30. The Morgan fingerprint density at radius 2 is 2.21 bits per heavy atom. The molecule has 0 aromatic carbocycles. The van der Waals surface area contributed by atoms with Crippen molar-refractivity contribution in [3.8, 4) is 5.75 Å². The Kier molecular flexibility index (Phi) is 2.95. The first-order valence-corrected chi connectivity index (χ1v) is 3.61. The average molecular weight is 203 g/mol. The quantitative estimate of drug-likeness (QED) is 0.740. The lowest BCUT2D eigenvalue weighted by molar-refractivity contribution is 0.0587. The zero-order valence-corrected chi connectivity index (χ0v) is 7.20. The van der Waals surface area contributed by atoms with E-state index < -0.39 is 29.3 Å². The largest absolute Gasteiger partial charge is 0.506 e. The van der Waals surface area contributed by atoms with Crippen molar-refractivity contribution >= 4 is 5.97 Å². The minimum absolute atomic E-state index is 0.428. The Morgan fingerprint density at radius 1 is 1.57 bits per heavy atom. The van der Waals surface area contributed by atoms with Gasteiger partial charge in [-0.3, -0.25) is 4.98 Å². The summed E-state index contributed by atoms with van der Waals surface area (Å²) in [5, 5.41) is 9.06. The number of carbonyl (C=O) groups is 1. The molecule has 0 spiro atoms. The number of pyridine rings is 1. The van der Waals surface area contributed by atoms with Crippen LogP contribution in [0.15, 0.2) is 12.4 Å². The van der Waals surface area contributed by atoms with E-state index >= 15 is 0 Å². The minimum atomic E-state index is -2.95. The van der Waals surface area contributed by atoms with E-state index in [2.05, 4.69) is 9.72 Å². The second-order valence-corrected chi connectivity index (χ2v) is 2.41. The van der Waals surface area contributed by atoms with Gasteiger partial charge in [0.05, 0.1) is 24.4 Å². The first-order valence-electron chi connectivity index (χ1n) is 3.61. The van der Waals surface area contributed by atoms with E-state index in [1.54, 1.807) is 0 Å². The summed E-state index contributed by atoms with van der Waals surface area (Å²) in [6.07, 6.45) is -1.19. The fourth-order valence-corrected chi connectivity index (χ4v) is 0.961. The molecule has 1 N–H and O–H groups in total. The lowest BCUT2D eigenvalue weighted by Gasteiger charge is -2.07. The molecule has 6 heteroatoms. The molecule has 0 aliphatic heterocycles. The van der Waals surface area contributed by atoms with Gasteiger partial charge < -0.3 is 9.84 Å². The molecule has 0 fully saturated rings. The first kappa shape index (κ1) is 10.4. The molecule has 0 amide bonds. The third-order valence-corrected chi connectivity index (χ3v) is 1.59. The molecular formula is C8H7F2NO3. The third kappa shape index (κ3) is 1.78. The molecule has 0 atom stereocenters. The summed E-state index contributed by atoms with van der Waals surface area (Å²) >= 11 is 0. The fraction of sp³-hybridized carbons (Fsp3) is 0.250. The SMILES string of the molecule is COC(=O)c1cncc(O)c1C(F)F. The number of esters is 1. The van der Waals surface area contributed by atoms with Crippen LogP contribution in [0.5, 0.6) is 5.75 Å². The predicted molar refractivity (Wildman–Crippen MR) is 42.2 cm³/mol. The summed E-state index contributed by atoms with van der Waals surface area (Å²) in [6.45, 7) is 0. The standard InChI is InChI=1S/C8H7F2NO3/c1-14-8(13)4-2-11-3-5(12)6(4)7(9)10/h2-3,7,12H,1H3. The highest BCUT2D eigenvalue weighted by molar-refractivity contribution is 5.91. The molecule has 14 heavy (non-hydrogen) atoms. The van der Waals surface area contributed by atoms with Crippen LogP contribution in [0.2, 0.25) is 0 Å². The third-order valence-electron chi connectivity index (χ3n) is 1.59. The van der Waals surface area contributed by atoms with Gasteiger partial charge in [0.15, 0.2) is 0 Å². The Labute approximate surface area is 78.1 Å². The molecule has 1 rings (SSSR count). The lowest BCUT2D eigenvalue weighted by Crippen LogP contribution is -2.07. The van der Waals surface area contributed by atoms with Crippen molar-refractivity contribution in [2.75, 3.05) is 7.11 Å². The molecule has 1 aromatic rings. The number of carbonyl (C=O) groups excluding carboxylic acids is 1. The van der Waals surface area contributed by atoms with E-state index in [-0.39, 0.29) is 0 Å². The summed E-state index contributed by atoms with van der Waals surface area (Å²) in [6, 6.07) is 0. The molecule has 0 aliphatic carbocycles. The average Bonchev–Trinajstić information content (AvgIpc) is 2.15. The second-order valence-electron chi connectivity index (χ2n) is 2.41. The van der Waals surface area contributed by atoms with Gasteiger partial charge in [-0.05, 0) is 0 Å². The summed E-state index contributed by atoms with van der Waals surface area (Å²) in [7, 11) is 1.06. The van der Waals surface area contributed by atoms with Crippen LogP contribution in [0.25, 0.3) is 0 Å². The number of alkyl halides is 2. The maximum atomic E-state index is 12.4. The highest BCUT2D eigenvalue weighted by Gasteiger charge is 2.22. The van der Waals surface area contributed by atoms with Crippen molar-refractivity contribution in [3.63, 3.8) is 0 Å². The Balaban J connectivity index is 3.28. The number of rotatable bonds is 2. The molecule has 0 radical (unpaired) electrons. The number of hydrogen-bond acceptors (Lipinski definition) is 4. The van der Waals surface area contributed by atoms with Crippen molar-refractivity contribution in [2.45, 2.75) is 6.43 Å². The molecule has 0 unspecified atom stereocenters. The van der Waals surface area contributed by atoms with Gasteiger partial charge in [-0.25, -0.2) is 13.6 Å². The van der Waals surface area contributed by atoms with Gasteiger partial charge in [-0.2, -0.15) is 0 Å². The van der Waals surface area contributed by atoms with Gasteiger partial charge >= 0.3 is 5.97 Å². The maximum Gasteiger partial charge on any atom is 0.340 e. The van der Waals surface area contributed by atoms with Crippen LogP contribution in [0, 0.1) is 0 Å². The van der Waals surface area contributed by atoms with E-state index in [1.807, 2.05) is 0 Å². The monoisotopic (exact) mass is 203 g/mol. The predicted octanol–water partition coefficient (Wildman–Crippen LogP) is 1.51. The van der Waals surface area contributed by atoms with E-state index in [0.29, 0.717) is 0 Å². The topological polar surface area (TPSA) is 59.4 Å². The van der Waals surface area contributed by atoms with Crippen molar-refractivity contribution in [3.05, 3.63) is 23.5 Å².